The first-order valence-electron chi connectivity index (χ1n) is 14.1. The Morgan fingerprint density at radius 2 is 1.80 bits per heavy atom. The van der Waals surface area contributed by atoms with Crippen LogP contribution in [0.2, 0.25) is 0 Å². The van der Waals surface area contributed by atoms with Crippen LogP contribution in [0.25, 0.3) is 11.0 Å². The molecule has 0 aliphatic carbocycles. The molecule has 0 radical (unpaired) electrons. The number of aromatic nitrogens is 4. The van der Waals surface area contributed by atoms with Crippen LogP contribution in [0, 0.1) is 6.92 Å². The minimum atomic E-state index is -4.54. The lowest BCUT2D eigenvalue weighted by Crippen LogP contribution is -2.14. The van der Waals surface area contributed by atoms with E-state index < -0.39 is 17.6 Å². The van der Waals surface area contributed by atoms with Crippen molar-refractivity contribution in [3.8, 4) is 0 Å². The van der Waals surface area contributed by atoms with Gasteiger partial charge in [-0.1, -0.05) is 25.1 Å². The maximum absolute atomic E-state index is 13.1. The highest BCUT2D eigenvalue weighted by Gasteiger charge is 2.31. The molecule has 228 valence electrons. The Balaban J connectivity index is 1.36. The molecular formula is C32H33F3N8O. The zero-order chi connectivity index (χ0) is 31.6. The molecule has 0 saturated heterocycles. The smallest absolute Gasteiger partial charge is 0.338 e. The Morgan fingerprint density at radius 3 is 2.52 bits per heavy atom. The van der Waals surface area contributed by atoms with Gasteiger partial charge in [0, 0.05) is 41.9 Å². The van der Waals surface area contributed by atoms with Crippen molar-refractivity contribution in [1.82, 2.24) is 25.1 Å². The number of hydrogen-bond acceptors (Lipinski definition) is 7. The van der Waals surface area contributed by atoms with Crippen LogP contribution in [0.1, 0.15) is 52.5 Å². The molecule has 0 aliphatic rings. The molecule has 0 fully saturated rings. The van der Waals surface area contributed by atoms with Gasteiger partial charge in [0.25, 0.3) is 5.91 Å². The number of amides is 1. The minimum Gasteiger partial charge on any atom is -0.338 e. The van der Waals surface area contributed by atoms with Crippen LogP contribution in [0.5, 0.6) is 0 Å². The summed E-state index contributed by atoms with van der Waals surface area (Å²) in [4.78, 5) is 22.0. The van der Waals surface area contributed by atoms with Crippen LogP contribution in [0.15, 0.2) is 66.9 Å². The van der Waals surface area contributed by atoms with E-state index in [0.717, 1.165) is 29.8 Å². The van der Waals surface area contributed by atoms with Crippen molar-refractivity contribution in [3.05, 3.63) is 94.7 Å². The van der Waals surface area contributed by atoms with E-state index in [9.17, 15) is 18.0 Å². The fraction of sp³-hybridized carbons (Fsp3) is 0.250. The number of rotatable bonds is 9. The lowest BCUT2D eigenvalue weighted by Gasteiger charge is -2.17. The molecule has 5 aromatic rings. The first kappa shape index (κ1) is 30.5. The number of hydrogen-bond donors (Lipinski definition) is 4. The molecule has 44 heavy (non-hydrogen) atoms. The van der Waals surface area contributed by atoms with Crippen molar-refractivity contribution in [2.24, 2.45) is 7.05 Å². The summed E-state index contributed by atoms with van der Waals surface area (Å²) in [5.41, 5.74) is 4.89. The highest BCUT2D eigenvalue weighted by Crippen LogP contribution is 2.31. The van der Waals surface area contributed by atoms with Crippen molar-refractivity contribution >= 4 is 45.8 Å². The zero-order valence-electron chi connectivity index (χ0n) is 25.0. The molecule has 0 saturated carbocycles. The molecule has 1 unspecified atom stereocenters. The third kappa shape index (κ3) is 6.50. The minimum absolute atomic E-state index is 0.0961. The maximum atomic E-state index is 13.1. The second kappa shape index (κ2) is 12.3. The third-order valence-electron chi connectivity index (χ3n) is 7.46. The van der Waals surface area contributed by atoms with Gasteiger partial charge < -0.3 is 21.3 Å². The molecule has 12 heteroatoms. The molecule has 4 N–H and O–H groups in total. The number of carbonyl (C=O) groups is 1. The third-order valence-corrected chi connectivity index (χ3v) is 7.46. The molecule has 2 heterocycles. The first-order valence-corrected chi connectivity index (χ1v) is 14.1. The number of carbonyl (C=O) groups excluding carboxylic acids is 1. The van der Waals surface area contributed by atoms with Gasteiger partial charge in [-0.05, 0) is 86.5 Å². The second-order valence-electron chi connectivity index (χ2n) is 10.5. The number of nitrogens with one attached hydrogen (secondary N) is 4. The van der Waals surface area contributed by atoms with E-state index in [4.69, 9.17) is 4.98 Å². The summed E-state index contributed by atoms with van der Waals surface area (Å²) < 4.78 is 41.0. The topological polar surface area (TPSA) is 109 Å². The van der Waals surface area contributed by atoms with Gasteiger partial charge >= 0.3 is 6.18 Å². The van der Waals surface area contributed by atoms with E-state index in [1.54, 1.807) is 36.1 Å². The van der Waals surface area contributed by atoms with Crippen LogP contribution in [-0.4, -0.2) is 32.7 Å². The fourth-order valence-electron chi connectivity index (χ4n) is 4.87. The van der Waals surface area contributed by atoms with Crippen LogP contribution in [-0.2, 0) is 19.6 Å². The monoisotopic (exact) mass is 602 g/mol. The van der Waals surface area contributed by atoms with Crippen molar-refractivity contribution in [2.45, 2.75) is 39.4 Å². The van der Waals surface area contributed by atoms with E-state index in [2.05, 4.69) is 57.3 Å². The molecule has 3 aromatic carbocycles. The number of benzene rings is 3. The summed E-state index contributed by atoms with van der Waals surface area (Å²) in [6, 6.07) is 15.9. The Kier molecular flexibility index (Phi) is 8.54. The van der Waals surface area contributed by atoms with Gasteiger partial charge in [-0.2, -0.15) is 23.3 Å². The number of halogens is 3. The SMILES string of the molecule is CCc1ccc(Nc2ncc3c(Nc4cc(NC(=O)c5cccc(C(F)(F)F)c5)ccc4C)nn(C)c3n2)cc1C(C)NC. The van der Waals surface area contributed by atoms with Gasteiger partial charge in [0.2, 0.25) is 5.95 Å². The average Bonchev–Trinajstić information content (AvgIpc) is 3.31. The Labute approximate surface area is 252 Å². The van der Waals surface area contributed by atoms with Crippen LogP contribution >= 0.6 is 0 Å². The number of fused-ring (bicyclic) bond motifs is 1. The van der Waals surface area contributed by atoms with Gasteiger partial charge in [0.05, 0.1) is 10.9 Å². The molecular weight excluding hydrogens is 569 g/mol. The quantitative estimate of drug-likeness (QED) is 0.140. The highest BCUT2D eigenvalue weighted by molar-refractivity contribution is 6.04. The average molecular weight is 603 g/mol. The molecule has 9 nitrogen and oxygen atoms in total. The summed E-state index contributed by atoms with van der Waals surface area (Å²) >= 11 is 0. The highest BCUT2D eigenvalue weighted by atomic mass is 19.4. The molecule has 1 atom stereocenters. The number of nitrogens with zero attached hydrogens (tertiary/aromatic N) is 4. The van der Waals surface area contributed by atoms with Crippen molar-refractivity contribution in [2.75, 3.05) is 23.0 Å². The predicted molar refractivity (Wildman–Crippen MR) is 167 cm³/mol. The van der Waals surface area contributed by atoms with Gasteiger partial charge in [-0.25, -0.2) is 9.67 Å². The number of alkyl halides is 3. The molecule has 1 amide bonds. The molecule has 0 aliphatic heterocycles. The fourth-order valence-corrected chi connectivity index (χ4v) is 4.87. The van der Waals surface area contributed by atoms with E-state index >= 15 is 0 Å². The lowest BCUT2D eigenvalue weighted by molar-refractivity contribution is -0.137. The van der Waals surface area contributed by atoms with E-state index in [1.165, 1.54) is 23.3 Å². The lowest BCUT2D eigenvalue weighted by atomic mass is 9.99. The van der Waals surface area contributed by atoms with Crippen molar-refractivity contribution < 1.29 is 18.0 Å². The van der Waals surface area contributed by atoms with Gasteiger partial charge in [0.15, 0.2) is 11.5 Å². The summed E-state index contributed by atoms with van der Waals surface area (Å²) in [6.07, 6.45) is -1.93. The Hall–Kier alpha value is -4.97. The van der Waals surface area contributed by atoms with Crippen LogP contribution in [0.4, 0.5) is 42.0 Å². The molecule has 0 bridgehead atoms. The molecule has 5 rings (SSSR count). The normalized spacial score (nSPS) is 12.3. The van der Waals surface area contributed by atoms with Gasteiger partial charge in [0.1, 0.15) is 0 Å². The Bertz CT molecular complexity index is 1830. The summed E-state index contributed by atoms with van der Waals surface area (Å²) in [6.45, 7) is 6.14. The Morgan fingerprint density at radius 1 is 1.02 bits per heavy atom. The number of anilines is 5. The zero-order valence-corrected chi connectivity index (χ0v) is 25.0. The van der Waals surface area contributed by atoms with E-state index in [-0.39, 0.29) is 11.6 Å². The summed E-state index contributed by atoms with van der Waals surface area (Å²) in [7, 11) is 3.72. The van der Waals surface area contributed by atoms with Gasteiger partial charge in [-0.15, -0.1) is 0 Å². The predicted octanol–water partition coefficient (Wildman–Crippen LogP) is 7.27. The molecule has 0 spiro atoms. The van der Waals surface area contributed by atoms with Crippen LogP contribution < -0.4 is 21.3 Å². The van der Waals surface area contributed by atoms with Crippen molar-refractivity contribution in [1.29, 1.82) is 0 Å². The maximum Gasteiger partial charge on any atom is 0.416 e. The van der Waals surface area contributed by atoms with Crippen LogP contribution in [0.3, 0.4) is 0 Å². The van der Waals surface area contributed by atoms with E-state index in [0.29, 0.717) is 34.2 Å². The molecule has 2 aromatic heterocycles. The van der Waals surface area contributed by atoms with E-state index in [1.807, 2.05) is 20.0 Å². The standard InChI is InChI=1S/C32H33F3N8O/c1-6-20-11-13-23(15-25(20)19(3)36-4)39-31-37-17-26-28(42-43(5)29(26)41-31)40-27-16-24(12-10-18(27)2)38-30(44)21-8-7-9-22(14-21)32(33,34)35/h7-17,19,36H,6H2,1-5H3,(H,38,44)(H,40,42)(H,37,39,41). The number of aryl methyl sites for hydroxylation is 3. The van der Waals surface area contributed by atoms with Crippen molar-refractivity contribution in [3.63, 3.8) is 0 Å². The largest absolute Gasteiger partial charge is 0.416 e. The first-order chi connectivity index (χ1) is 21.0. The van der Waals surface area contributed by atoms with Gasteiger partial charge in [-0.3, -0.25) is 4.79 Å². The second-order valence-corrected chi connectivity index (χ2v) is 10.5. The summed E-state index contributed by atoms with van der Waals surface area (Å²) in [5.74, 6) is 0.283. The summed E-state index contributed by atoms with van der Waals surface area (Å²) in [5, 5.41) is 17.8.